The van der Waals surface area contributed by atoms with E-state index in [4.69, 9.17) is 5.73 Å². The Morgan fingerprint density at radius 2 is 2.00 bits per heavy atom. The van der Waals surface area contributed by atoms with Crippen LogP contribution in [-0.4, -0.2) is 37.7 Å². The van der Waals surface area contributed by atoms with Crippen LogP contribution in [0.25, 0.3) is 0 Å². The average molecular weight is 223 g/mol. The zero-order valence-corrected chi connectivity index (χ0v) is 9.97. The molecule has 0 saturated heterocycles. The highest BCUT2D eigenvalue weighted by Crippen LogP contribution is 2.25. The Hall–Kier alpha value is -0.130. The van der Waals surface area contributed by atoms with Gasteiger partial charge >= 0.3 is 0 Å². The highest BCUT2D eigenvalue weighted by atomic mass is 32.2. The van der Waals surface area contributed by atoms with E-state index in [9.17, 15) is 13.5 Å². The molecule has 2 atom stereocenters. The largest absolute Gasteiger partial charge is 0.393 e. The van der Waals surface area contributed by atoms with Crippen molar-refractivity contribution in [3.05, 3.63) is 0 Å². The van der Waals surface area contributed by atoms with Crippen LogP contribution >= 0.6 is 0 Å². The second-order valence-electron chi connectivity index (χ2n) is 4.02. The first-order valence-corrected chi connectivity index (χ1v) is 6.68. The number of aliphatic hydroxyl groups is 1. The SMILES string of the molecule is CCS(=O)(=O)CCC(C)(CN)C(C)O. The lowest BCUT2D eigenvalue weighted by molar-refractivity contribution is 0.0564. The fraction of sp³-hybridized carbons (Fsp3) is 1.00. The summed E-state index contributed by atoms with van der Waals surface area (Å²) in [7, 11) is -2.96. The normalized spacial score (nSPS) is 18.9. The van der Waals surface area contributed by atoms with Gasteiger partial charge in [-0.3, -0.25) is 0 Å². The second-order valence-corrected chi connectivity index (χ2v) is 6.49. The van der Waals surface area contributed by atoms with Crippen molar-refractivity contribution < 1.29 is 13.5 Å². The quantitative estimate of drug-likeness (QED) is 0.672. The van der Waals surface area contributed by atoms with Gasteiger partial charge in [0.05, 0.1) is 11.9 Å². The fourth-order valence-electron chi connectivity index (χ4n) is 1.01. The van der Waals surface area contributed by atoms with Crippen LogP contribution < -0.4 is 5.73 Å². The summed E-state index contributed by atoms with van der Waals surface area (Å²) >= 11 is 0. The van der Waals surface area contributed by atoms with Crippen LogP contribution in [0.15, 0.2) is 0 Å². The summed E-state index contributed by atoms with van der Waals surface area (Å²) in [6, 6.07) is 0. The Kier molecular flexibility index (Phi) is 5.05. The molecule has 0 bridgehead atoms. The Bertz CT molecular complexity index is 261. The van der Waals surface area contributed by atoms with Crippen LogP contribution in [0.4, 0.5) is 0 Å². The summed E-state index contributed by atoms with van der Waals surface area (Å²) < 4.78 is 22.5. The van der Waals surface area contributed by atoms with Crippen LogP contribution in [0.5, 0.6) is 0 Å². The average Bonchev–Trinajstić information content (AvgIpc) is 2.14. The first kappa shape index (κ1) is 13.9. The van der Waals surface area contributed by atoms with E-state index in [0.29, 0.717) is 13.0 Å². The van der Waals surface area contributed by atoms with Gasteiger partial charge in [-0.15, -0.1) is 0 Å². The highest BCUT2D eigenvalue weighted by Gasteiger charge is 2.29. The molecule has 2 unspecified atom stereocenters. The zero-order valence-electron chi connectivity index (χ0n) is 9.16. The number of hydrogen-bond acceptors (Lipinski definition) is 4. The Balaban J connectivity index is 4.36. The number of rotatable bonds is 6. The standard InChI is InChI=1S/C9H21NO3S/c1-4-14(12,13)6-5-9(3,7-10)8(2)11/h8,11H,4-7,10H2,1-3H3. The summed E-state index contributed by atoms with van der Waals surface area (Å²) in [6.07, 6.45) is -0.170. The molecule has 0 radical (unpaired) electrons. The topological polar surface area (TPSA) is 80.4 Å². The van der Waals surface area contributed by atoms with Crippen LogP contribution in [0.1, 0.15) is 27.2 Å². The molecular formula is C9H21NO3S. The van der Waals surface area contributed by atoms with E-state index in [0.717, 1.165) is 0 Å². The van der Waals surface area contributed by atoms with Crippen molar-refractivity contribution in [2.75, 3.05) is 18.1 Å². The van der Waals surface area contributed by atoms with Crippen molar-refractivity contribution in [2.24, 2.45) is 11.1 Å². The van der Waals surface area contributed by atoms with E-state index >= 15 is 0 Å². The molecule has 0 aromatic heterocycles. The lowest BCUT2D eigenvalue weighted by atomic mass is 9.82. The first-order chi connectivity index (χ1) is 6.27. The molecular weight excluding hydrogens is 202 g/mol. The van der Waals surface area contributed by atoms with Gasteiger partial charge in [-0.25, -0.2) is 8.42 Å². The predicted molar refractivity (Wildman–Crippen MR) is 57.8 cm³/mol. The van der Waals surface area contributed by atoms with Crippen molar-refractivity contribution in [1.29, 1.82) is 0 Å². The molecule has 0 aliphatic heterocycles. The summed E-state index contributed by atoms with van der Waals surface area (Å²) in [5, 5.41) is 9.47. The maximum atomic E-state index is 11.3. The lowest BCUT2D eigenvalue weighted by Crippen LogP contribution is -2.39. The predicted octanol–water partition coefficient (Wildman–Crippen LogP) is 0.157. The van der Waals surface area contributed by atoms with E-state index in [1.807, 2.05) is 6.92 Å². The Morgan fingerprint density at radius 1 is 1.50 bits per heavy atom. The van der Waals surface area contributed by atoms with Crippen molar-refractivity contribution in [2.45, 2.75) is 33.3 Å². The molecule has 0 fully saturated rings. The molecule has 4 nitrogen and oxygen atoms in total. The molecule has 0 aromatic carbocycles. The van der Waals surface area contributed by atoms with Gasteiger partial charge in [0.25, 0.3) is 0 Å². The minimum atomic E-state index is -2.96. The molecule has 3 N–H and O–H groups in total. The third-order valence-electron chi connectivity index (χ3n) is 2.90. The summed E-state index contributed by atoms with van der Waals surface area (Å²) in [4.78, 5) is 0. The van der Waals surface area contributed by atoms with Gasteiger partial charge in [-0.2, -0.15) is 0 Å². The minimum absolute atomic E-state index is 0.0993. The summed E-state index contributed by atoms with van der Waals surface area (Å²) in [5.74, 6) is 0.246. The molecule has 0 aliphatic rings. The summed E-state index contributed by atoms with van der Waals surface area (Å²) in [5.41, 5.74) is 5.03. The van der Waals surface area contributed by atoms with E-state index < -0.39 is 21.4 Å². The molecule has 0 aromatic rings. The first-order valence-electron chi connectivity index (χ1n) is 4.86. The number of nitrogens with two attached hydrogens (primary N) is 1. The van der Waals surface area contributed by atoms with Gasteiger partial charge in [-0.05, 0) is 13.3 Å². The maximum absolute atomic E-state index is 11.3. The van der Waals surface area contributed by atoms with Gasteiger partial charge in [0.15, 0.2) is 0 Å². The van der Waals surface area contributed by atoms with Gasteiger partial charge < -0.3 is 10.8 Å². The number of sulfone groups is 1. The maximum Gasteiger partial charge on any atom is 0.150 e. The third-order valence-corrected chi connectivity index (χ3v) is 4.60. The van der Waals surface area contributed by atoms with Crippen LogP contribution in [0.3, 0.4) is 0 Å². The monoisotopic (exact) mass is 223 g/mol. The molecule has 0 heterocycles. The van der Waals surface area contributed by atoms with Crippen molar-refractivity contribution >= 4 is 9.84 Å². The zero-order chi connectivity index (χ0) is 11.4. The van der Waals surface area contributed by atoms with E-state index in [1.165, 1.54) is 0 Å². The molecule has 0 rings (SSSR count). The van der Waals surface area contributed by atoms with Gasteiger partial charge in [0.1, 0.15) is 9.84 Å². The highest BCUT2D eigenvalue weighted by molar-refractivity contribution is 7.91. The Labute approximate surface area is 86.4 Å². The van der Waals surface area contributed by atoms with E-state index in [2.05, 4.69) is 0 Å². The molecule has 14 heavy (non-hydrogen) atoms. The molecule has 5 heteroatoms. The molecule has 0 saturated carbocycles. The van der Waals surface area contributed by atoms with Crippen molar-refractivity contribution in [3.63, 3.8) is 0 Å². The molecule has 86 valence electrons. The molecule has 0 aliphatic carbocycles. The fourth-order valence-corrected chi connectivity index (χ4v) is 2.08. The summed E-state index contributed by atoms with van der Waals surface area (Å²) in [6.45, 7) is 5.37. The van der Waals surface area contributed by atoms with Crippen molar-refractivity contribution in [1.82, 2.24) is 0 Å². The van der Waals surface area contributed by atoms with Gasteiger partial charge in [0.2, 0.25) is 0 Å². The Morgan fingerprint density at radius 3 is 2.29 bits per heavy atom. The van der Waals surface area contributed by atoms with Crippen LogP contribution in [-0.2, 0) is 9.84 Å². The molecule has 0 amide bonds. The minimum Gasteiger partial charge on any atom is -0.393 e. The van der Waals surface area contributed by atoms with Crippen LogP contribution in [0.2, 0.25) is 0 Å². The van der Waals surface area contributed by atoms with Crippen LogP contribution in [0, 0.1) is 5.41 Å². The molecule has 0 spiro atoms. The smallest absolute Gasteiger partial charge is 0.150 e. The second kappa shape index (κ2) is 5.09. The van der Waals surface area contributed by atoms with Crippen molar-refractivity contribution in [3.8, 4) is 0 Å². The van der Waals surface area contributed by atoms with E-state index in [-0.39, 0.29) is 11.5 Å². The number of hydrogen-bond donors (Lipinski definition) is 2. The lowest BCUT2D eigenvalue weighted by Gasteiger charge is -2.30. The number of aliphatic hydroxyl groups excluding tert-OH is 1. The van der Waals surface area contributed by atoms with Gasteiger partial charge in [0, 0.05) is 17.7 Å². The van der Waals surface area contributed by atoms with E-state index in [1.54, 1.807) is 13.8 Å². The van der Waals surface area contributed by atoms with Gasteiger partial charge in [-0.1, -0.05) is 13.8 Å². The third kappa shape index (κ3) is 3.94.